The number of imidazole rings is 1. The SMILES string of the molecule is Cc1nc(-c2cc(-c3cccc(S(=O)[O-])c3)ccc2-n2cc(CO)nc2C)c(-c2ccc3c(c2)OC(F)(F)O3)o1. The molecule has 0 radical (unpaired) electrons. The lowest BCUT2D eigenvalue weighted by Gasteiger charge is -2.15. The maximum absolute atomic E-state index is 13.7. The summed E-state index contributed by atoms with van der Waals surface area (Å²) in [6, 6.07) is 16.3. The molecule has 0 aliphatic carbocycles. The normalized spacial score (nSPS) is 14.4. The molecular weight excluding hydrogens is 544 g/mol. The molecule has 1 N–H and O–H groups in total. The number of aliphatic hydroxyl groups is 1. The molecule has 3 heterocycles. The van der Waals surface area contributed by atoms with E-state index in [9.17, 15) is 22.6 Å². The number of fused-ring (bicyclic) bond motifs is 1. The fraction of sp³-hybridized carbons (Fsp3) is 0.143. The minimum atomic E-state index is -3.77. The average molecular weight is 565 g/mol. The zero-order valence-corrected chi connectivity index (χ0v) is 21.9. The Morgan fingerprint density at radius 3 is 2.48 bits per heavy atom. The Morgan fingerprint density at radius 1 is 0.975 bits per heavy atom. The summed E-state index contributed by atoms with van der Waals surface area (Å²) in [5.74, 6) is 0.986. The lowest BCUT2D eigenvalue weighted by Crippen LogP contribution is -2.25. The van der Waals surface area contributed by atoms with Crippen molar-refractivity contribution in [2.45, 2.75) is 31.6 Å². The minimum Gasteiger partial charge on any atom is -0.768 e. The largest absolute Gasteiger partial charge is 0.768 e. The number of hydrogen-bond donors (Lipinski definition) is 1. The second kappa shape index (κ2) is 9.66. The highest BCUT2D eigenvalue weighted by Gasteiger charge is 2.43. The number of alkyl halides is 2. The molecule has 0 spiro atoms. The van der Waals surface area contributed by atoms with Gasteiger partial charge in [-0.05, 0) is 71.6 Å². The highest BCUT2D eigenvalue weighted by atomic mass is 32.2. The molecule has 0 fully saturated rings. The predicted octanol–water partition coefficient (Wildman–Crippen LogP) is 5.53. The highest BCUT2D eigenvalue weighted by molar-refractivity contribution is 7.79. The summed E-state index contributed by atoms with van der Waals surface area (Å²) in [7, 11) is 0. The van der Waals surface area contributed by atoms with Gasteiger partial charge in [-0.25, -0.2) is 9.97 Å². The Hall–Kier alpha value is -4.39. The third-order valence-corrected chi connectivity index (χ3v) is 7.00. The number of hydrogen-bond acceptors (Lipinski definition) is 8. The summed E-state index contributed by atoms with van der Waals surface area (Å²) in [5.41, 5.74) is 3.88. The van der Waals surface area contributed by atoms with Crippen LogP contribution in [-0.2, 0) is 17.7 Å². The van der Waals surface area contributed by atoms with E-state index in [1.54, 1.807) is 48.9 Å². The average Bonchev–Trinajstić information content (AvgIpc) is 3.60. The van der Waals surface area contributed by atoms with Crippen LogP contribution in [0.5, 0.6) is 11.5 Å². The molecule has 6 rings (SSSR count). The number of nitrogens with zero attached hydrogens (tertiary/aromatic N) is 3. The van der Waals surface area contributed by atoms with Gasteiger partial charge in [0.1, 0.15) is 11.5 Å². The summed E-state index contributed by atoms with van der Waals surface area (Å²) in [4.78, 5) is 9.16. The molecule has 0 bridgehead atoms. The van der Waals surface area contributed by atoms with E-state index in [0.717, 1.165) is 0 Å². The van der Waals surface area contributed by atoms with Crippen LogP contribution in [0.4, 0.5) is 8.78 Å². The Balaban J connectivity index is 1.56. The van der Waals surface area contributed by atoms with E-state index in [4.69, 9.17) is 4.42 Å². The Kier molecular flexibility index (Phi) is 6.25. The molecule has 1 aliphatic rings. The summed E-state index contributed by atoms with van der Waals surface area (Å²) in [5, 5.41) is 9.65. The van der Waals surface area contributed by atoms with Crippen LogP contribution in [0.25, 0.3) is 39.4 Å². The summed E-state index contributed by atoms with van der Waals surface area (Å²) < 4.78 is 67.4. The van der Waals surface area contributed by atoms with Crippen molar-refractivity contribution in [1.29, 1.82) is 0 Å². The first-order chi connectivity index (χ1) is 19.1. The number of aromatic nitrogens is 3. The van der Waals surface area contributed by atoms with E-state index in [0.29, 0.717) is 56.8 Å². The molecule has 1 unspecified atom stereocenters. The fourth-order valence-electron chi connectivity index (χ4n) is 4.64. The second-order valence-corrected chi connectivity index (χ2v) is 9.98. The molecule has 3 aromatic carbocycles. The van der Waals surface area contributed by atoms with E-state index in [1.807, 2.05) is 18.2 Å². The Labute approximate surface area is 228 Å². The monoisotopic (exact) mass is 564 g/mol. The van der Waals surface area contributed by atoms with Gasteiger partial charge in [0, 0.05) is 29.1 Å². The number of aliphatic hydroxyl groups excluding tert-OH is 1. The van der Waals surface area contributed by atoms with Gasteiger partial charge in [0.15, 0.2) is 23.1 Å². The molecule has 12 heteroatoms. The van der Waals surface area contributed by atoms with Crippen molar-refractivity contribution < 1.29 is 36.5 Å². The number of halogens is 2. The van der Waals surface area contributed by atoms with E-state index < -0.39 is 17.4 Å². The Bertz CT molecular complexity index is 1800. The maximum atomic E-state index is 13.7. The van der Waals surface area contributed by atoms with Crippen LogP contribution in [0.15, 0.2) is 76.2 Å². The van der Waals surface area contributed by atoms with Gasteiger partial charge in [-0.1, -0.05) is 18.2 Å². The Morgan fingerprint density at radius 2 is 1.73 bits per heavy atom. The van der Waals surface area contributed by atoms with Crippen molar-refractivity contribution in [2.75, 3.05) is 0 Å². The van der Waals surface area contributed by atoms with Gasteiger partial charge in [-0.2, -0.15) is 0 Å². The molecule has 1 atom stereocenters. The zero-order chi connectivity index (χ0) is 28.2. The van der Waals surface area contributed by atoms with Gasteiger partial charge >= 0.3 is 6.29 Å². The van der Waals surface area contributed by atoms with E-state index in [2.05, 4.69) is 19.4 Å². The van der Waals surface area contributed by atoms with Crippen LogP contribution in [0, 0.1) is 13.8 Å². The molecule has 0 saturated heterocycles. The lowest BCUT2D eigenvalue weighted by molar-refractivity contribution is -0.286. The first kappa shape index (κ1) is 25.9. The van der Waals surface area contributed by atoms with Crippen LogP contribution in [0.2, 0.25) is 0 Å². The van der Waals surface area contributed by atoms with Gasteiger partial charge in [0.2, 0.25) is 0 Å². The predicted molar refractivity (Wildman–Crippen MR) is 139 cm³/mol. The zero-order valence-electron chi connectivity index (χ0n) is 21.1. The molecular formula is C28H20F2N3O6S-. The summed E-state index contributed by atoms with van der Waals surface area (Å²) >= 11 is -2.41. The molecule has 9 nitrogen and oxygen atoms in total. The van der Waals surface area contributed by atoms with Crippen molar-refractivity contribution in [3.8, 4) is 50.9 Å². The number of ether oxygens (including phenoxy) is 2. The standard InChI is InChI=1S/C28H21F2N3O6S/c1-15-31-20(14-34)13-33(15)23-8-6-18(17-4-3-5-21(10-17)40(35)36)11-22(23)26-27(37-16(2)32-26)19-7-9-24-25(12-19)39-28(29,30)38-24/h3-13,34H,14H2,1-2H3,(H,35,36)/p-1. The van der Waals surface area contributed by atoms with Crippen LogP contribution >= 0.6 is 0 Å². The third-order valence-electron chi connectivity index (χ3n) is 6.36. The summed E-state index contributed by atoms with van der Waals surface area (Å²) in [6.45, 7) is 3.20. The fourth-order valence-corrected chi connectivity index (χ4v) is 5.06. The van der Waals surface area contributed by atoms with Crippen LogP contribution in [0.3, 0.4) is 0 Å². The van der Waals surface area contributed by atoms with Crippen molar-refractivity contribution >= 4 is 11.1 Å². The molecule has 1 aliphatic heterocycles. The number of benzene rings is 3. The molecule has 0 amide bonds. The van der Waals surface area contributed by atoms with E-state index in [-0.39, 0.29) is 23.0 Å². The van der Waals surface area contributed by atoms with Gasteiger partial charge in [-0.3, -0.25) is 4.21 Å². The van der Waals surface area contributed by atoms with Gasteiger partial charge in [-0.15, -0.1) is 8.78 Å². The summed E-state index contributed by atoms with van der Waals surface area (Å²) in [6.07, 6.45) is -2.07. The van der Waals surface area contributed by atoms with Crippen molar-refractivity contribution in [3.05, 3.63) is 84.3 Å². The maximum Gasteiger partial charge on any atom is 0.586 e. The van der Waals surface area contributed by atoms with Gasteiger partial charge in [0.25, 0.3) is 0 Å². The smallest absolute Gasteiger partial charge is 0.586 e. The number of rotatable bonds is 6. The van der Waals surface area contributed by atoms with Crippen LogP contribution in [-0.4, -0.2) is 34.7 Å². The van der Waals surface area contributed by atoms with Gasteiger partial charge < -0.3 is 28.1 Å². The highest BCUT2D eigenvalue weighted by Crippen LogP contribution is 2.45. The van der Waals surface area contributed by atoms with Crippen molar-refractivity contribution in [3.63, 3.8) is 0 Å². The quantitative estimate of drug-likeness (QED) is 0.267. The van der Waals surface area contributed by atoms with Crippen molar-refractivity contribution in [1.82, 2.24) is 14.5 Å². The molecule has 204 valence electrons. The third kappa shape index (κ3) is 4.66. The molecule has 5 aromatic rings. The number of oxazole rings is 1. The second-order valence-electron chi connectivity index (χ2n) is 9.04. The first-order valence-electron chi connectivity index (χ1n) is 12.0. The van der Waals surface area contributed by atoms with Crippen LogP contribution < -0.4 is 9.47 Å². The molecule has 2 aromatic heterocycles. The van der Waals surface area contributed by atoms with Crippen LogP contribution in [0.1, 0.15) is 17.4 Å². The molecule has 40 heavy (non-hydrogen) atoms. The number of aryl methyl sites for hydroxylation is 2. The first-order valence-corrected chi connectivity index (χ1v) is 13.1. The lowest BCUT2D eigenvalue weighted by atomic mass is 9.98. The van der Waals surface area contributed by atoms with Gasteiger partial charge in [0.05, 0.1) is 18.0 Å². The minimum absolute atomic E-state index is 0.101. The van der Waals surface area contributed by atoms with E-state index in [1.165, 1.54) is 18.2 Å². The topological polar surface area (TPSA) is 123 Å². The molecule has 0 saturated carbocycles. The van der Waals surface area contributed by atoms with E-state index >= 15 is 0 Å². The van der Waals surface area contributed by atoms with Crippen molar-refractivity contribution in [2.24, 2.45) is 0 Å².